The molecule has 0 unspecified atom stereocenters. The highest BCUT2D eigenvalue weighted by atomic mass is 35.5. The third kappa shape index (κ3) is 7.57. The van der Waals surface area contributed by atoms with Gasteiger partial charge in [-0.05, 0) is 53.8 Å². The summed E-state index contributed by atoms with van der Waals surface area (Å²) in [6.07, 6.45) is 1.66. The fraction of sp³-hybridized carbons (Fsp3) is 0.360. The highest BCUT2D eigenvalue weighted by molar-refractivity contribution is 6.36. The van der Waals surface area contributed by atoms with Gasteiger partial charge in [-0.2, -0.15) is 0 Å². The molecule has 0 aliphatic heterocycles. The van der Waals surface area contributed by atoms with Crippen molar-refractivity contribution in [1.82, 2.24) is 10.2 Å². The van der Waals surface area contributed by atoms with Gasteiger partial charge in [-0.1, -0.05) is 63.0 Å². The number of nitrogens with one attached hydrogen (secondary N) is 1. The molecule has 1 N–H and O–H groups in total. The molecule has 2 amide bonds. The minimum atomic E-state index is -0.478. The van der Waals surface area contributed by atoms with Gasteiger partial charge in [0.1, 0.15) is 11.4 Å². The van der Waals surface area contributed by atoms with E-state index in [0.29, 0.717) is 23.9 Å². The molecule has 0 heterocycles. The van der Waals surface area contributed by atoms with E-state index in [1.807, 2.05) is 12.1 Å². The zero-order valence-electron chi connectivity index (χ0n) is 19.1. The molecule has 7 heteroatoms. The van der Waals surface area contributed by atoms with Gasteiger partial charge in [-0.25, -0.2) is 0 Å². The molecule has 0 saturated heterocycles. The highest BCUT2D eigenvalue weighted by Gasteiger charge is 2.23. The number of carbonyl (C=O) groups excluding carboxylic acids is 2. The summed E-state index contributed by atoms with van der Waals surface area (Å²) in [6, 6.07) is 11.9. The van der Waals surface area contributed by atoms with E-state index in [-0.39, 0.29) is 34.0 Å². The number of amides is 2. The van der Waals surface area contributed by atoms with Gasteiger partial charge >= 0.3 is 0 Å². The van der Waals surface area contributed by atoms with Gasteiger partial charge < -0.3 is 15.0 Å². The third-order valence-corrected chi connectivity index (χ3v) is 5.09. The molecule has 0 fully saturated rings. The average molecular weight is 477 g/mol. The smallest absolute Gasteiger partial charge is 0.270 e. The quantitative estimate of drug-likeness (QED) is 0.457. The summed E-state index contributed by atoms with van der Waals surface area (Å²) < 4.78 is 5.20. The summed E-state index contributed by atoms with van der Waals surface area (Å²) in [6.45, 7) is 9.38. The number of halogens is 2. The lowest BCUT2D eigenvalue weighted by Crippen LogP contribution is -2.42. The monoisotopic (exact) mass is 476 g/mol. The van der Waals surface area contributed by atoms with Crippen LogP contribution in [0.1, 0.15) is 43.6 Å². The van der Waals surface area contributed by atoms with Crippen molar-refractivity contribution < 1.29 is 14.3 Å². The molecule has 2 aromatic carbocycles. The van der Waals surface area contributed by atoms with Gasteiger partial charge in [0.05, 0.1) is 17.7 Å². The highest BCUT2D eigenvalue weighted by Crippen LogP contribution is 2.22. The van der Waals surface area contributed by atoms with Crippen molar-refractivity contribution in [3.8, 4) is 5.75 Å². The predicted molar refractivity (Wildman–Crippen MR) is 131 cm³/mol. The first-order valence-electron chi connectivity index (χ1n) is 10.5. The minimum absolute atomic E-state index is 0.174. The molecule has 0 atom stereocenters. The summed E-state index contributed by atoms with van der Waals surface area (Å²) in [4.78, 5) is 28.3. The van der Waals surface area contributed by atoms with E-state index in [9.17, 15) is 9.59 Å². The molecule has 0 bridgehead atoms. The Labute approximate surface area is 200 Å². The molecule has 32 heavy (non-hydrogen) atoms. The van der Waals surface area contributed by atoms with Crippen LogP contribution in [-0.4, -0.2) is 36.9 Å². The first-order chi connectivity index (χ1) is 15.1. The second-order valence-corrected chi connectivity index (χ2v) is 9.25. The molecular weight excluding hydrogens is 447 g/mol. The molecule has 0 aliphatic carbocycles. The van der Waals surface area contributed by atoms with E-state index in [0.717, 1.165) is 5.56 Å². The van der Waals surface area contributed by atoms with Crippen LogP contribution in [0.2, 0.25) is 10.0 Å². The van der Waals surface area contributed by atoms with Crippen LogP contribution in [0.25, 0.3) is 6.08 Å². The Morgan fingerprint density at radius 2 is 1.59 bits per heavy atom. The number of benzene rings is 2. The number of ether oxygens (including phenoxy) is 1. The third-order valence-electron chi connectivity index (χ3n) is 4.54. The van der Waals surface area contributed by atoms with Crippen LogP contribution >= 0.6 is 23.2 Å². The topological polar surface area (TPSA) is 58.6 Å². The number of nitrogens with zero attached hydrogens (tertiary/aromatic N) is 1. The van der Waals surface area contributed by atoms with Crippen molar-refractivity contribution in [2.24, 2.45) is 11.8 Å². The van der Waals surface area contributed by atoms with Crippen molar-refractivity contribution in [2.75, 3.05) is 20.2 Å². The standard InChI is InChI=1S/C25H30Cl2N2O3/c1-16(2)14-29(15-17(3)4)25(31)23(12-18-6-9-20(32-5)10-7-18)28-24(30)21-11-8-19(26)13-22(21)27/h6-13,16-17H,14-15H2,1-5H3,(H,28,30). The molecule has 5 nitrogen and oxygen atoms in total. The number of rotatable bonds is 9. The molecule has 2 rings (SSSR count). The molecule has 0 saturated carbocycles. The number of carbonyl (C=O) groups is 2. The van der Waals surface area contributed by atoms with E-state index < -0.39 is 5.91 Å². The molecule has 0 aliphatic rings. The summed E-state index contributed by atoms with van der Waals surface area (Å²) in [5.41, 5.74) is 1.17. The molecular formula is C25H30Cl2N2O3. The second kappa shape index (κ2) is 11.9. The fourth-order valence-electron chi connectivity index (χ4n) is 3.17. The van der Waals surface area contributed by atoms with Crippen LogP contribution in [0.3, 0.4) is 0 Å². The Morgan fingerprint density at radius 3 is 2.09 bits per heavy atom. The minimum Gasteiger partial charge on any atom is -0.497 e. The lowest BCUT2D eigenvalue weighted by molar-refractivity contribution is -0.128. The zero-order chi connectivity index (χ0) is 23.8. The van der Waals surface area contributed by atoms with E-state index >= 15 is 0 Å². The first kappa shape index (κ1) is 25.8. The summed E-state index contributed by atoms with van der Waals surface area (Å²) in [7, 11) is 1.59. The molecule has 0 aromatic heterocycles. The summed E-state index contributed by atoms with van der Waals surface area (Å²) >= 11 is 12.2. The maximum Gasteiger partial charge on any atom is 0.270 e. The van der Waals surface area contributed by atoms with Crippen LogP contribution in [0, 0.1) is 11.8 Å². The van der Waals surface area contributed by atoms with Gasteiger partial charge in [0.2, 0.25) is 0 Å². The van der Waals surface area contributed by atoms with Crippen LogP contribution in [0.15, 0.2) is 48.2 Å². The van der Waals surface area contributed by atoms with Crippen LogP contribution < -0.4 is 10.1 Å². The predicted octanol–water partition coefficient (Wildman–Crippen LogP) is 5.91. The van der Waals surface area contributed by atoms with Crippen molar-refractivity contribution in [2.45, 2.75) is 27.7 Å². The van der Waals surface area contributed by atoms with E-state index in [4.69, 9.17) is 27.9 Å². The van der Waals surface area contributed by atoms with E-state index in [1.165, 1.54) is 12.1 Å². The van der Waals surface area contributed by atoms with Crippen molar-refractivity contribution in [1.29, 1.82) is 0 Å². The SMILES string of the molecule is COc1ccc(C=C(NC(=O)c2ccc(Cl)cc2Cl)C(=O)N(CC(C)C)CC(C)C)cc1. The van der Waals surface area contributed by atoms with Crippen LogP contribution in [0.4, 0.5) is 0 Å². The fourth-order valence-corrected chi connectivity index (χ4v) is 3.67. The lowest BCUT2D eigenvalue weighted by atomic mass is 10.1. The Morgan fingerprint density at radius 1 is 1.00 bits per heavy atom. The van der Waals surface area contributed by atoms with Gasteiger partial charge in [0, 0.05) is 18.1 Å². The lowest BCUT2D eigenvalue weighted by Gasteiger charge is -2.27. The Hall–Kier alpha value is -2.50. The number of hydrogen-bond donors (Lipinski definition) is 1. The molecule has 0 radical (unpaired) electrons. The van der Waals surface area contributed by atoms with Crippen molar-refractivity contribution >= 4 is 41.1 Å². The van der Waals surface area contributed by atoms with E-state index in [2.05, 4.69) is 33.0 Å². The maximum absolute atomic E-state index is 13.5. The van der Waals surface area contributed by atoms with E-state index in [1.54, 1.807) is 36.3 Å². The zero-order valence-corrected chi connectivity index (χ0v) is 20.6. The van der Waals surface area contributed by atoms with Gasteiger partial charge in [0.15, 0.2) is 0 Å². The van der Waals surface area contributed by atoms with Crippen LogP contribution in [-0.2, 0) is 4.79 Å². The summed E-state index contributed by atoms with van der Waals surface area (Å²) in [5.74, 6) is 0.534. The average Bonchev–Trinajstić information content (AvgIpc) is 2.72. The molecule has 2 aromatic rings. The summed E-state index contributed by atoms with van der Waals surface area (Å²) in [5, 5.41) is 3.41. The first-order valence-corrected chi connectivity index (χ1v) is 11.3. The normalized spacial score (nSPS) is 11.6. The van der Waals surface area contributed by atoms with Gasteiger partial charge in [-0.15, -0.1) is 0 Å². The largest absolute Gasteiger partial charge is 0.497 e. The Bertz CT molecular complexity index is 960. The van der Waals surface area contributed by atoms with Crippen LogP contribution in [0.5, 0.6) is 5.75 Å². The Balaban J connectivity index is 2.43. The van der Waals surface area contributed by atoms with Gasteiger partial charge in [-0.3, -0.25) is 9.59 Å². The number of hydrogen-bond acceptors (Lipinski definition) is 3. The van der Waals surface area contributed by atoms with Crippen molar-refractivity contribution in [3.05, 3.63) is 69.3 Å². The van der Waals surface area contributed by atoms with Crippen molar-refractivity contribution in [3.63, 3.8) is 0 Å². The number of methoxy groups -OCH3 is 1. The second-order valence-electron chi connectivity index (χ2n) is 8.41. The molecule has 0 spiro atoms. The Kier molecular flexibility index (Phi) is 9.60. The van der Waals surface area contributed by atoms with Gasteiger partial charge in [0.25, 0.3) is 11.8 Å². The molecule has 172 valence electrons. The maximum atomic E-state index is 13.5.